The Kier molecular flexibility index (Phi) is 2.45. The summed E-state index contributed by atoms with van der Waals surface area (Å²) in [5.74, 6) is 0. The molecule has 0 aliphatic heterocycles. The van der Waals surface area contributed by atoms with Crippen LogP contribution < -0.4 is 0 Å². The molecule has 1 nitrogen and oxygen atoms in total. The quantitative estimate of drug-likeness (QED) is 0.340. The van der Waals surface area contributed by atoms with Crippen LogP contribution in [0.2, 0.25) is 0 Å². The number of hydrogen-bond donors (Lipinski definition) is 4. The van der Waals surface area contributed by atoms with E-state index in [0.717, 1.165) is 4.91 Å². The van der Waals surface area contributed by atoms with E-state index in [9.17, 15) is 5.11 Å². The second kappa shape index (κ2) is 2.85. The Morgan fingerprint density at radius 3 is 2.50 bits per heavy atom. The monoisotopic (exact) mass is 192 g/mol. The number of aliphatic hydroxyl groups is 1. The van der Waals surface area contributed by atoms with Crippen molar-refractivity contribution in [3.05, 3.63) is 22.0 Å². The largest absolute Gasteiger partial charge is 0.376 e. The van der Waals surface area contributed by atoms with Crippen molar-refractivity contribution in [3.63, 3.8) is 0 Å². The number of thiol groups is 3. The topological polar surface area (TPSA) is 20.2 Å². The molecule has 4 heteroatoms. The molecular formula is C6H8OS3. The molecule has 0 aromatic carbocycles. The summed E-state index contributed by atoms with van der Waals surface area (Å²) in [5, 5.41) is 9.36. The van der Waals surface area contributed by atoms with Crippen molar-refractivity contribution in [3.8, 4) is 0 Å². The van der Waals surface area contributed by atoms with Crippen LogP contribution in [0.4, 0.5) is 0 Å². The summed E-state index contributed by atoms with van der Waals surface area (Å²) in [6.07, 6.45) is 3.82. The highest BCUT2D eigenvalue weighted by molar-refractivity contribution is 7.86. The van der Waals surface area contributed by atoms with E-state index in [4.69, 9.17) is 0 Å². The van der Waals surface area contributed by atoms with Crippen LogP contribution in [0, 0.1) is 0 Å². The molecule has 0 radical (unpaired) electrons. The lowest BCUT2D eigenvalue weighted by Crippen LogP contribution is -2.19. The van der Waals surface area contributed by atoms with Gasteiger partial charge in [-0.25, -0.2) is 0 Å². The zero-order valence-corrected chi connectivity index (χ0v) is 7.83. The molecule has 1 aliphatic rings. The predicted octanol–water partition coefficient (Wildman–Crippen LogP) is 1.64. The van der Waals surface area contributed by atoms with Gasteiger partial charge in [-0.15, -0.1) is 37.9 Å². The fraction of sp³-hybridized carbons (Fsp3) is 0.333. The molecule has 0 saturated carbocycles. The van der Waals surface area contributed by atoms with Gasteiger partial charge in [-0.2, -0.15) is 0 Å². The third-order valence-corrected chi connectivity index (χ3v) is 1.97. The Hall–Kier alpha value is 0.490. The Balaban J connectivity index is 2.88. The van der Waals surface area contributed by atoms with E-state index < -0.39 is 4.93 Å². The van der Waals surface area contributed by atoms with Gasteiger partial charge in [0.15, 0.2) is 0 Å². The molecular weight excluding hydrogens is 184 g/mol. The van der Waals surface area contributed by atoms with Crippen molar-refractivity contribution in [1.29, 1.82) is 0 Å². The van der Waals surface area contributed by atoms with Gasteiger partial charge in [0.25, 0.3) is 0 Å². The number of allylic oxidation sites excluding steroid dienone is 1. The van der Waals surface area contributed by atoms with Crippen molar-refractivity contribution in [2.75, 3.05) is 0 Å². The minimum atomic E-state index is -1.07. The molecule has 1 atom stereocenters. The van der Waals surface area contributed by atoms with Gasteiger partial charge in [0.1, 0.15) is 4.93 Å². The van der Waals surface area contributed by atoms with Gasteiger partial charge in [-0.1, -0.05) is 0 Å². The first kappa shape index (κ1) is 8.59. The fourth-order valence-corrected chi connectivity index (χ4v) is 2.21. The van der Waals surface area contributed by atoms with Crippen LogP contribution in [-0.2, 0) is 0 Å². The molecule has 0 bridgehead atoms. The first-order valence-electron chi connectivity index (χ1n) is 2.76. The number of hydrogen-bond acceptors (Lipinski definition) is 4. The van der Waals surface area contributed by atoms with Crippen LogP contribution in [0.3, 0.4) is 0 Å². The molecule has 0 spiro atoms. The Bertz CT molecular complexity index is 205. The molecule has 1 aliphatic carbocycles. The van der Waals surface area contributed by atoms with Crippen LogP contribution in [0.15, 0.2) is 22.0 Å². The Labute approximate surface area is 76.4 Å². The Morgan fingerprint density at radius 2 is 2.10 bits per heavy atom. The molecule has 1 unspecified atom stereocenters. The molecule has 10 heavy (non-hydrogen) atoms. The van der Waals surface area contributed by atoms with Crippen LogP contribution in [0.25, 0.3) is 0 Å². The highest BCUT2D eigenvalue weighted by atomic mass is 32.1. The lowest BCUT2D eigenvalue weighted by atomic mass is 10.1. The summed E-state index contributed by atoms with van der Waals surface area (Å²) in [5.41, 5.74) is 0. The first-order valence-corrected chi connectivity index (χ1v) is 4.10. The molecule has 0 aromatic rings. The number of rotatable bonds is 0. The maximum absolute atomic E-state index is 9.36. The molecule has 0 heterocycles. The van der Waals surface area contributed by atoms with E-state index in [2.05, 4.69) is 37.9 Å². The highest BCUT2D eigenvalue weighted by Gasteiger charge is 2.22. The average Bonchev–Trinajstić information content (AvgIpc) is 1.54. The van der Waals surface area contributed by atoms with Gasteiger partial charge in [-0.05, 0) is 17.1 Å². The first-order chi connectivity index (χ1) is 4.49. The van der Waals surface area contributed by atoms with Crippen molar-refractivity contribution >= 4 is 37.9 Å². The molecule has 0 fully saturated rings. The maximum atomic E-state index is 9.36. The molecule has 1 N–H and O–H groups in total. The lowest BCUT2D eigenvalue weighted by molar-refractivity contribution is 0.191. The lowest BCUT2D eigenvalue weighted by Gasteiger charge is -2.21. The van der Waals surface area contributed by atoms with Gasteiger partial charge in [0, 0.05) is 11.3 Å². The highest BCUT2D eigenvalue weighted by Crippen LogP contribution is 2.31. The second-order valence-corrected chi connectivity index (χ2v) is 4.13. The van der Waals surface area contributed by atoms with E-state index >= 15 is 0 Å². The van der Waals surface area contributed by atoms with Gasteiger partial charge in [0.2, 0.25) is 0 Å². The minimum Gasteiger partial charge on any atom is -0.376 e. The molecule has 0 saturated heterocycles. The summed E-state index contributed by atoms with van der Waals surface area (Å²) < 4.78 is 0. The van der Waals surface area contributed by atoms with Crippen molar-refractivity contribution < 1.29 is 5.11 Å². The summed E-state index contributed by atoms with van der Waals surface area (Å²) in [6, 6.07) is 0. The van der Waals surface area contributed by atoms with Gasteiger partial charge < -0.3 is 5.11 Å². The van der Waals surface area contributed by atoms with Crippen LogP contribution in [0.5, 0.6) is 0 Å². The summed E-state index contributed by atoms with van der Waals surface area (Å²) in [7, 11) is 0. The standard InChI is InChI=1S/C6H8OS3/c7-6(10)2-4(8)1-5(9)3-6/h1-2,7-10H,3H2. The smallest absolute Gasteiger partial charge is 0.132 e. The van der Waals surface area contributed by atoms with Gasteiger partial charge in [-0.3, -0.25) is 0 Å². The van der Waals surface area contributed by atoms with Crippen molar-refractivity contribution in [2.24, 2.45) is 0 Å². The van der Waals surface area contributed by atoms with E-state index in [1.165, 1.54) is 0 Å². The van der Waals surface area contributed by atoms with Gasteiger partial charge in [0.05, 0.1) is 0 Å². The zero-order valence-electron chi connectivity index (χ0n) is 5.15. The van der Waals surface area contributed by atoms with Crippen molar-refractivity contribution in [2.45, 2.75) is 11.4 Å². The summed E-state index contributed by atoms with van der Waals surface area (Å²) in [6.45, 7) is 0. The maximum Gasteiger partial charge on any atom is 0.132 e. The van der Waals surface area contributed by atoms with Crippen molar-refractivity contribution in [1.82, 2.24) is 0 Å². The SMILES string of the molecule is OC1(S)C=C(S)C=C(S)C1. The van der Waals surface area contributed by atoms with E-state index in [-0.39, 0.29) is 0 Å². The second-order valence-electron chi connectivity index (χ2n) is 2.26. The van der Waals surface area contributed by atoms with E-state index in [0.29, 0.717) is 11.3 Å². The summed E-state index contributed by atoms with van der Waals surface area (Å²) >= 11 is 12.1. The summed E-state index contributed by atoms with van der Waals surface area (Å²) in [4.78, 5) is 0.432. The Morgan fingerprint density at radius 1 is 1.50 bits per heavy atom. The van der Waals surface area contributed by atoms with E-state index in [1.54, 1.807) is 12.2 Å². The molecule has 56 valence electrons. The van der Waals surface area contributed by atoms with Crippen LogP contribution in [0.1, 0.15) is 6.42 Å². The molecule has 1 rings (SSSR count). The van der Waals surface area contributed by atoms with Gasteiger partial charge >= 0.3 is 0 Å². The fourth-order valence-electron chi connectivity index (χ4n) is 0.818. The normalized spacial score (nSPS) is 33.2. The predicted molar refractivity (Wildman–Crippen MR) is 52.7 cm³/mol. The average molecular weight is 192 g/mol. The molecule has 0 amide bonds. The third-order valence-electron chi connectivity index (χ3n) is 1.13. The van der Waals surface area contributed by atoms with E-state index in [1.807, 2.05) is 0 Å². The third kappa shape index (κ3) is 2.27. The van der Waals surface area contributed by atoms with Crippen LogP contribution in [-0.4, -0.2) is 10.0 Å². The zero-order chi connectivity index (χ0) is 7.78. The van der Waals surface area contributed by atoms with Crippen LogP contribution >= 0.6 is 37.9 Å². The minimum absolute atomic E-state index is 0.448. The molecule has 0 aromatic heterocycles.